The van der Waals surface area contributed by atoms with Crippen LogP contribution in [0, 0.1) is 0 Å². The van der Waals surface area contributed by atoms with Gasteiger partial charge in [-0.2, -0.15) is 0 Å². The molecule has 2 amide bonds. The molecule has 0 unspecified atom stereocenters. The molecule has 2 aromatic carbocycles. The molecule has 0 spiro atoms. The zero-order valence-electron chi connectivity index (χ0n) is 22.5. The van der Waals surface area contributed by atoms with Crippen LogP contribution in [-0.2, 0) is 11.3 Å². The SMILES string of the molecule is CC(C)(Oc1ccccc1Cl)C(=O)N1CCC(c2nc(C(=O)N3CCN(Cc4ccccc4)CC3)cs2)CC1. The molecule has 206 valence electrons. The fraction of sp³-hybridized carbons (Fsp3) is 0.433. The number of carbonyl (C=O) groups is 2. The Balaban J connectivity index is 1.11. The smallest absolute Gasteiger partial charge is 0.273 e. The van der Waals surface area contributed by atoms with E-state index in [1.54, 1.807) is 37.3 Å². The molecule has 2 aliphatic heterocycles. The van der Waals surface area contributed by atoms with Crippen LogP contribution in [-0.4, -0.2) is 76.4 Å². The monoisotopic (exact) mass is 566 g/mol. The summed E-state index contributed by atoms with van der Waals surface area (Å²) in [7, 11) is 0. The summed E-state index contributed by atoms with van der Waals surface area (Å²) in [5.41, 5.74) is 0.814. The highest BCUT2D eigenvalue weighted by Gasteiger charge is 2.37. The number of thiazole rings is 1. The van der Waals surface area contributed by atoms with Gasteiger partial charge in [-0.15, -0.1) is 11.3 Å². The molecule has 1 aromatic heterocycles. The largest absolute Gasteiger partial charge is 0.476 e. The Morgan fingerprint density at radius 3 is 2.31 bits per heavy atom. The van der Waals surface area contributed by atoms with Crippen LogP contribution in [0.4, 0.5) is 0 Å². The van der Waals surface area contributed by atoms with Crippen LogP contribution < -0.4 is 4.74 Å². The molecule has 0 radical (unpaired) electrons. The van der Waals surface area contributed by atoms with Gasteiger partial charge >= 0.3 is 0 Å². The quantitative estimate of drug-likeness (QED) is 0.387. The Kier molecular flexibility index (Phi) is 8.54. The summed E-state index contributed by atoms with van der Waals surface area (Å²) in [6.07, 6.45) is 1.63. The minimum Gasteiger partial charge on any atom is -0.476 e. The molecule has 2 fully saturated rings. The maximum Gasteiger partial charge on any atom is 0.273 e. The zero-order chi connectivity index (χ0) is 27.4. The van der Waals surface area contributed by atoms with E-state index < -0.39 is 5.60 Å². The lowest BCUT2D eigenvalue weighted by Gasteiger charge is -2.36. The first-order valence-corrected chi connectivity index (χ1v) is 14.8. The first-order chi connectivity index (χ1) is 18.8. The third-order valence-electron chi connectivity index (χ3n) is 7.50. The van der Waals surface area contributed by atoms with Crippen LogP contribution in [0.3, 0.4) is 0 Å². The van der Waals surface area contributed by atoms with Crippen molar-refractivity contribution in [2.24, 2.45) is 0 Å². The number of piperidine rings is 1. The predicted molar refractivity (Wildman–Crippen MR) is 154 cm³/mol. The molecule has 0 atom stereocenters. The molecule has 0 N–H and O–H groups in total. The normalized spacial score (nSPS) is 17.3. The first-order valence-electron chi connectivity index (χ1n) is 13.5. The van der Waals surface area contributed by atoms with E-state index in [0.717, 1.165) is 37.5 Å². The minimum absolute atomic E-state index is 0.0166. The van der Waals surface area contributed by atoms with Crippen molar-refractivity contribution in [3.05, 3.63) is 81.3 Å². The second-order valence-electron chi connectivity index (χ2n) is 10.7. The van der Waals surface area contributed by atoms with E-state index in [2.05, 4.69) is 29.2 Å². The molecule has 2 aliphatic rings. The van der Waals surface area contributed by atoms with E-state index in [0.29, 0.717) is 42.6 Å². The van der Waals surface area contributed by atoms with E-state index in [9.17, 15) is 9.59 Å². The van der Waals surface area contributed by atoms with Crippen molar-refractivity contribution >= 4 is 34.8 Å². The van der Waals surface area contributed by atoms with Crippen molar-refractivity contribution in [1.29, 1.82) is 0 Å². The average molecular weight is 567 g/mol. The standard InChI is InChI=1S/C30H35ClN4O3S/c1-30(2,38-26-11-7-6-10-24(26)31)29(37)35-14-12-23(13-15-35)27-32-25(21-39-27)28(36)34-18-16-33(17-19-34)20-22-8-4-3-5-9-22/h3-11,21,23H,12-20H2,1-2H3. The number of nitrogens with zero attached hydrogens (tertiary/aromatic N) is 4. The molecule has 3 heterocycles. The van der Waals surface area contributed by atoms with Gasteiger partial charge in [-0.3, -0.25) is 14.5 Å². The highest BCUT2D eigenvalue weighted by molar-refractivity contribution is 7.09. The Morgan fingerprint density at radius 1 is 0.949 bits per heavy atom. The highest BCUT2D eigenvalue weighted by Crippen LogP contribution is 2.33. The van der Waals surface area contributed by atoms with Gasteiger partial charge in [0.25, 0.3) is 11.8 Å². The number of ether oxygens (including phenoxy) is 1. The number of carbonyl (C=O) groups excluding carboxylic acids is 2. The van der Waals surface area contributed by atoms with Gasteiger partial charge in [0.1, 0.15) is 11.4 Å². The second kappa shape index (κ2) is 12.1. The maximum atomic E-state index is 13.3. The average Bonchev–Trinajstić information content (AvgIpc) is 3.45. The maximum absolute atomic E-state index is 13.3. The van der Waals surface area contributed by atoms with Crippen LogP contribution in [0.5, 0.6) is 5.75 Å². The van der Waals surface area contributed by atoms with Crippen molar-refractivity contribution in [1.82, 2.24) is 19.7 Å². The summed E-state index contributed by atoms with van der Waals surface area (Å²) in [6.45, 7) is 8.89. The van der Waals surface area contributed by atoms with Crippen LogP contribution in [0.1, 0.15) is 53.7 Å². The number of hydrogen-bond donors (Lipinski definition) is 0. The molecule has 0 aliphatic carbocycles. The third-order valence-corrected chi connectivity index (χ3v) is 8.82. The molecule has 5 rings (SSSR count). The molecule has 0 saturated carbocycles. The second-order valence-corrected chi connectivity index (χ2v) is 12.0. The van der Waals surface area contributed by atoms with Gasteiger partial charge in [0.05, 0.1) is 10.0 Å². The number of likely N-dealkylation sites (tertiary alicyclic amines) is 1. The van der Waals surface area contributed by atoms with Crippen LogP contribution in [0.25, 0.3) is 0 Å². The van der Waals surface area contributed by atoms with E-state index >= 15 is 0 Å². The Morgan fingerprint density at radius 2 is 1.62 bits per heavy atom. The topological polar surface area (TPSA) is 66.0 Å². The Hall–Kier alpha value is -2.94. The van der Waals surface area contributed by atoms with Crippen molar-refractivity contribution in [3.63, 3.8) is 0 Å². The molecular weight excluding hydrogens is 532 g/mol. The molecule has 39 heavy (non-hydrogen) atoms. The number of hydrogen-bond acceptors (Lipinski definition) is 6. The van der Waals surface area contributed by atoms with E-state index in [1.165, 1.54) is 5.56 Å². The summed E-state index contributed by atoms with van der Waals surface area (Å²) in [6, 6.07) is 17.6. The number of rotatable bonds is 7. The van der Waals surface area contributed by atoms with Crippen LogP contribution in [0.2, 0.25) is 5.02 Å². The predicted octanol–water partition coefficient (Wildman–Crippen LogP) is 5.32. The third kappa shape index (κ3) is 6.62. The Labute approximate surface area is 239 Å². The molecule has 2 saturated heterocycles. The van der Waals surface area contributed by atoms with Gasteiger partial charge < -0.3 is 14.5 Å². The summed E-state index contributed by atoms with van der Waals surface area (Å²) in [5.74, 6) is 0.714. The summed E-state index contributed by atoms with van der Waals surface area (Å²) < 4.78 is 6.00. The van der Waals surface area contributed by atoms with Gasteiger partial charge in [-0.05, 0) is 44.4 Å². The Bertz CT molecular complexity index is 1280. The highest BCUT2D eigenvalue weighted by atomic mass is 35.5. The lowest BCUT2D eigenvalue weighted by molar-refractivity contribution is -0.146. The number of halogens is 1. The number of piperazine rings is 1. The van der Waals surface area contributed by atoms with Gasteiger partial charge in [0.15, 0.2) is 5.60 Å². The molecule has 0 bridgehead atoms. The van der Waals surface area contributed by atoms with Gasteiger partial charge in [-0.25, -0.2) is 4.98 Å². The number of para-hydroxylation sites is 1. The van der Waals surface area contributed by atoms with Crippen molar-refractivity contribution in [2.45, 2.75) is 44.8 Å². The van der Waals surface area contributed by atoms with Crippen molar-refractivity contribution < 1.29 is 14.3 Å². The number of benzene rings is 2. The van der Waals surface area contributed by atoms with Crippen LogP contribution >= 0.6 is 22.9 Å². The lowest BCUT2D eigenvalue weighted by atomic mass is 9.96. The van der Waals surface area contributed by atoms with Gasteiger partial charge in [0, 0.05) is 57.1 Å². The molecular formula is C30H35ClN4O3S. The van der Waals surface area contributed by atoms with E-state index in [1.807, 2.05) is 33.4 Å². The van der Waals surface area contributed by atoms with Crippen LogP contribution in [0.15, 0.2) is 60.0 Å². The number of amides is 2. The summed E-state index contributed by atoms with van der Waals surface area (Å²) in [5, 5.41) is 3.37. The zero-order valence-corrected chi connectivity index (χ0v) is 24.1. The lowest BCUT2D eigenvalue weighted by Crippen LogP contribution is -2.51. The van der Waals surface area contributed by atoms with Crippen molar-refractivity contribution in [2.75, 3.05) is 39.3 Å². The molecule has 3 aromatic rings. The number of aromatic nitrogens is 1. The first kappa shape index (κ1) is 27.6. The van der Waals surface area contributed by atoms with Gasteiger partial charge in [0.2, 0.25) is 0 Å². The van der Waals surface area contributed by atoms with Crippen molar-refractivity contribution in [3.8, 4) is 5.75 Å². The van der Waals surface area contributed by atoms with E-state index in [4.69, 9.17) is 21.3 Å². The molecule has 9 heteroatoms. The summed E-state index contributed by atoms with van der Waals surface area (Å²) in [4.78, 5) is 37.3. The van der Waals surface area contributed by atoms with Gasteiger partial charge in [-0.1, -0.05) is 54.1 Å². The fourth-order valence-corrected chi connectivity index (χ4v) is 6.38. The fourth-order valence-electron chi connectivity index (χ4n) is 5.24. The molecule has 7 nitrogen and oxygen atoms in total. The van der Waals surface area contributed by atoms with E-state index in [-0.39, 0.29) is 17.7 Å². The summed E-state index contributed by atoms with van der Waals surface area (Å²) >= 11 is 7.79. The minimum atomic E-state index is -1.02.